The van der Waals surface area contributed by atoms with E-state index in [1.807, 2.05) is 19.9 Å². The van der Waals surface area contributed by atoms with Crippen molar-refractivity contribution in [2.24, 2.45) is 10.9 Å². The van der Waals surface area contributed by atoms with Crippen molar-refractivity contribution in [3.05, 3.63) is 48.1 Å². The molecule has 2 N–H and O–H groups in total. The molecule has 3 atom stereocenters. The first-order chi connectivity index (χ1) is 12.8. The predicted octanol–water partition coefficient (Wildman–Crippen LogP) is 3.81. The van der Waals surface area contributed by atoms with Gasteiger partial charge in [-0.2, -0.15) is 0 Å². The number of allylic oxidation sites excluding steroid dienone is 1. The van der Waals surface area contributed by atoms with Gasteiger partial charge in [-0.05, 0) is 44.7 Å². The fourth-order valence-electron chi connectivity index (χ4n) is 3.27. The zero-order chi connectivity index (χ0) is 20.0. The molecular weight excluding hydrogens is 350 g/mol. The minimum atomic E-state index is -0.821. The molecule has 1 heterocycles. The average molecular weight is 380 g/mol. The summed E-state index contributed by atoms with van der Waals surface area (Å²) in [5.74, 6) is -0.844. The smallest absolute Gasteiger partial charge is 0.162 e. The second-order valence-corrected chi connectivity index (χ2v) is 7.57. The van der Waals surface area contributed by atoms with E-state index in [0.29, 0.717) is 12.1 Å². The third-order valence-corrected chi connectivity index (χ3v) is 5.42. The van der Waals surface area contributed by atoms with Crippen molar-refractivity contribution in [1.82, 2.24) is 5.32 Å². The molecule has 150 valence electrons. The zero-order valence-corrected chi connectivity index (χ0v) is 16.3. The highest BCUT2D eigenvalue weighted by atomic mass is 19.2. The lowest BCUT2D eigenvalue weighted by Gasteiger charge is -2.28. The zero-order valence-electron chi connectivity index (χ0n) is 16.3. The minimum absolute atomic E-state index is 0.113. The van der Waals surface area contributed by atoms with Crippen LogP contribution in [0.25, 0.3) is 0 Å². The third-order valence-electron chi connectivity index (χ3n) is 5.42. The number of rotatable bonds is 7. The van der Waals surface area contributed by atoms with Crippen molar-refractivity contribution in [2.75, 3.05) is 20.2 Å². The molecule has 1 fully saturated rings. The van der Waals surface area contributed by atoms with Crippen molar-refractivity contribution in [3.8, 4) is 0 Å². The normalized spacial score (nSPS) is 23.6. The number of aliphatic hydroxyl groups excluding tert-OH is 1. The largest absolute Gasteiger partial charge is 0.388 e. The number of methoxy groups -OCH3 is 1. The summed E-state index contributed by atoms with van der Waals surface area (Å²) in [4.78, 5) is 4.59. The summed E-state index contributed by atoms with van der Waals surface area (Å²) < 4.78 is 33.1. The monoisotopic (exact) mass is 380 g/mol. The molecule has 1 aromatic rings. The number of nitrogens with zero attached hydrogens (tertiary/aromatic N) is 1. The Kier molecular flexibility index (Phi) is 7.50. The molecule has 0 amide bonds. The number of aliphatic imine (C=N–C) groups is 1. The number of halogens is 2. The van der Waals surface area contributed by atoms with Gasteiger partial charge < -0.3 is 15.2 Å². The van der Waals surface area contributed by atoms with Gasteiger partial charge in [-0.1, -0.05) is 18.2 Å². The molecule has 1 aromatic carbocycles. The number of hydrogen-bond acceptors (Lipinski definition) is 3. The number of hydrogen-bond donors (Lipinski definition) is 2. The van der Waals surface area contributed by atoms with E-state index in [1.165, 1.54) is 6.07 Å². The second-order valence-electron chi connectivity index (χ2n) is 7.57. The fourth-order valence-corrected chi connectivity index (χ4v) is 3.27. The molecule has 1 saturated heterocycles. The highest BCUT2D eigenvalue weighted by molar-refractivity contribution is 5.85. The summed E-state index contributed by atoms with van der Waals surface area (Å²) in [6.45, 7) is 8.10. The highest BCUT2D eigenvalue weighted by Gasteiger charge is 2.29. The van der Waals surface area contributed by atoms with Crippen molar-refractivity contribution >= 4 is 5.84 Å². The van der Waals surface area contributed by atoms with Crippen molar-refractivity contribution < 1.29 is 18.6 Å². The molecular formula is C21H30F2N2O2. The second kappa shape index (κ2) is 9.42. The van der Waals surface area contributed by atoms with Gasteiger partial charge in [-0.3, -0.25) is 4.99 Å². The quantitative estimate of drug-likeness (QED) is 0.708. The van der Waals surface area contributed by atoms with Crippen LogP contribution in [-0.4, -0.2) is 42.8 Å². The SMILES string of the molecule is C=CC[C@H]1CC[C@H](c2cccc(F)c2F)CN/C1=N\CC(O)C(C)(C)OC. The Balaban J connectivity index is 2.17. The topological polar surface area (TPSA) is 53.9 Å². The van der Waals surface area contributed by atoms with E-state index in [2.05, 4.69) is 16.9 Å². The van der Waals surface area contributed by atoms with E-state index >= 15 is 0 Å². The van der Waals surface area contributed by atoms with E-state index < -0.39 is 23.3 Å². The van der Waals surface area contributed by atoms with Crippen LogP contribution in [0.5, 0.6) is 0 Å². The minimum Gasteiger partial charge on any atom is -0.388 e. The summed E-state index contributed by atoms with van der Waals surface area (Å²) in [6, 6.07) is 4.31. The summed E-state index contributed by atoms with van der Waals surface area (Å²) in [6.07, 6.45) is 3.31. The number of amidine groups is 1. The van der Waals surface area contributed by atoms with Gasteiger partial charge >= 0.3 is 0 Å². The van der Waals surface area contributed by atoms with Gasteiger partial charge in [0.2, 0.25) is 0 Å². The molecule has 0 radical (unpaired) electrons. The lowest BCUT2D eigenvalue weighted by molar-refractivity contribution is -0.0724. The van der Waals surface area contributed by atoms with Crippen LogP contribution in [0.15, 0.2) is 35.8 Å². The van der Waals surface area contributed by atoms with Gasteiger partial charge in [-0.15, -0.1) is 6.58 Å². The molecule has 0 aromatic heterocycles. The predicted molar refractivity (Wildman–Crippen MR) is 104 cm³/mol. The molecule has 1 aliphatic heterocycles. The van der Waals surface area contributed by atoms with Crippen LogP contribution in [0.4, 0.5) is 8.78 Å². The van der Waals surface area contributed by atoms with Gasteiger partial charge in [0, 0.05) is 25.5 Å². The Hall–Kier alpha value is -1.79. The molecule has 1 aliphatic rings. The first kappa shape index (κ1) is 21.5. The van der Waals surface area contributed by atoms with Crippen LogP contribution in [-0.2, 0) is 4.74 Å². The lowest BCUT2D eigenvalue weighted by atomic mass is 9.90. The van der Waals surface area contributed by atoms with E-state index in [-0.39, 0.29) is 18.4 Å². The summed E-state index contributed by atoms with van der Waals surface area (Å²) in [5.41, 5.74) is -0.308. The van der Waals surface area contributed by atoms with Gasteiger partial charge in [0.05, 0.1) is 18.0 Å². The Morgan fingerprint density at radius 2 is 2.15 bits per heavy atom. The Bertz CT molecular complexity index is 676. The molecule has 27 heavy (non-hydrogen) atoms. The molecule has 0 spiro atoms. The summed E-state index contributed by atoms with van der Waals surface area (Å²) in [5, 5.41) is 13.6. The first-order valence-electron chi connectivity index (χ1n) is 9.36. The maximum atomic E-state index is 14.2. The van der Waals surface area contributed by atoms with E-state index in [9.17, 15) is 13.9 Å². The van der Waals surface area contributed by atoms with E-state index in [4.69, 9.17) is 4.74 Å². The summed E-state index contributed by atoms with van der Waals surface area (Å²) >= 11 is 0. The molecule has 0 aliphatic carbocycles. The van der Waals surface area contributed by atoms with E-state index in [0.717, 1.165) is 31.2 Å². The van der Waals surface area contributed by atoms with Crippen LogP contribution >= 0.6 is 0 Å². The van der Waals surface area contributed by atoms with Crippen LogP contribution in [0.1, 0.15) is 44.6 Å². The van der Waals surface area contributed by atoms with Crippen LogP contribution in [0.2, 0.25) is 0 Å². The maximum absolute atomic E-state index is 14.2. The third kappa shape index (κ3) is 5.36. The fraction of sp³-hybridized carbons (Fsp3) is 0.571. The van der Waals surface area contributed by atoms with Crippen molar-refractivity contribution in [1.29, 1.82) is 0 Å². The molecule has 0 saturated carbocycles. The van der Waals surface area contributed by atoms with E-state index in [1.54, 1.807) is 13.2 Å². The highest BCUT2D eigenvalue weighted by Crippen LogP contribution is 2.30. The molecule has 4 nitrogen and oxygen atoms in total. The number of aliphatic hydroxyl groups is 1. The van der Waals surface area contributed by atoms with Crippen LogP contribution in [0, 0.1) is 17.6 Å². The van der Waals surface area contributed by atoms with Gasteiger partial charge in [0.1, 0.15) is 6.10 Å². The van der Waals surface area contributed by atoms with Gasteiger partial charge in [-0.25, -0.2) is 8.78 Å². The molecule has 0 bridgehead atoms. The van der Waals surface area contributed by atoms with Crippen LogP contribution in [0.3, 0.4) is 0 Å². The summed E-state index contributed by atoms with van der Waals surface area (Å²) in [7, 11) is 1.55. The Morgan fingerprint density at radius 3 is 2.81 bits per heavy atom. The maximum Gasteiger partial charge on any atom is 0.162 e. The molecule has 2 rings (SSSR count). The Labute approximate surface area is 160 Å². The first-order valence-corrected chi connectivity index (χ1v) is 9.36. The Morgan fingerprint density at radius 1 is 1.41 bits per heavy atom. The molecule has 6 heteroatoms. The number of benzene rings is 1. The number of nitrogens with one attached hydrogen (secondary N) is 1. The molecule has 1 unspecified atom stereocenters. The van der Waals surface area contributed by atoms with Crippen LogP contribution < -0.4 is 5.32 Å². The lowest BCUT2D eigenvalue weighted by Crippen LogP contribution is -2.41. The average Bonchev–Trinajstić information content (AvgIpc) is 2.85. The number of ether oxygens (including phenoxy) is 1. The standard InChI is InChI=1S/C21H30F2N2O2/c1-5-7-14-10-11-15(16-8-6-9-17(22)19(16)23)12-24-20(14)25-13-18(26)21(2,3)27-4/h5-6,8-9,14-15,18,26H,1,7,10-13H2,2-4H3,(H,24,25)/t14-,15-,18?/m0/s1. The van der Waals surface area contributed by atoms with Crippen molar-refractivity contribution in [3.63, 3.8) is 0 Å². The van der Waals surface area contributed by atoms with Gasteiger partial charge in [0.25, 0.3) is 0 Å². The van der Waals surface area contributed by atoms with Gasteiger partial charge in [0.15, 0.2) is 11.6 Å². The van der Waals surface area contributed by atoms with Crippen molar-refractivity contribution in [2.45, 2.75) is 50.7 Å².